The Morgan fingerprint density at radius 2 is 2.04 bits per heavy atom. The van der Waals surface area contributed by atoms with Gasteiger partial charge in [0.2, 0.25) is 5.91 Å². The molecule has 2 aromatic carbocycles. The molecule has 0 saturated carbocycles. The van der Waals surface area contributed by atoms with Gasteiger partial charge in [0.15, 0.2) is 0 Å². The fourth-order valence-electron chi connectivity index (χ4n) is 2.22. The molecule has 0 aliphatic carbocycles. The van der Waals surface area contributed by atoms with Crippen LogP contribution in [-0.4, -0.2) is 26.2 Å². The fourth-order valence-corrected chi connectivity index (χ4v) is 2.38. The molecular weight excluding hydrogens is 340 g/mol. The molecule has 0 aliphatic rings. The van der Waals surface area contributed by atoms with Crippen LogP contribution in [0.2, 0.25) is 5.02 Å². The highest BCUT2D eigenvalue weighted by Gasteiger charge is 2.10. The topological polar surface area (TPSA) is 59.6 Å². The molecule has 134 valence electrons. The van der Waals surface area contributed by atoms with Crippen LogP contribution in [-0.2, 0) is 4.79 Å². The van der Waals surface area contributed by atoms with Crippen molar-refractivity contribution >= 4 is 28.9 Å². The first-order valence-electron chi connectivity index (χ1n) is 8.14. The first-order chi connectivity index (χ1) is 12.0. The van der Waals surface area contributed by atoms with E-state index in [0.29, 0.717) is 23.1 Å². The fraction of sp³-hybridized carbons (Fsp3) is 0.316. The third kappa shape index (κ3) is 5.57. The molecule has 0 aliphatic heterocycles. The SMILES string of the molecule is CCCOc1cccc(NCC(=O)Nc2cc(C)c(Cl)cc2OC)c1. The molecule has 0 bridgehead atoms. The Balaban J connectivity index is 1.96. The number of hydrogen-bond donors (Lipinski definition) is 2. The van der Waals surface area contributed by atoms with Crippen LogP contribution in [0, 0.1) is 6.92 Å². The Morgan fingerprint density at radius 3 is 2.76 bits per heavy atom. The number of carbonyl (C=O) groups is 1. The summed E-state index contributed by atoms with van der Waals surface area (Å²) < 4.78 is 10.8. The average Bonchev–Trinajstić information content (AvgIpc) is 2.61. The average molecular weight is 363 g/mol. The van der Waals surface area contributed by atoms with E-state index in [1.807, 2.05) is 31.2 Å². The van der Waals surface area contributed by atoms with Crippen LogP contribution >= 0.6 is 11.6 Å². The molecule has 2 N–H and O–H groups in total. The number of benzene rings is 2. The van der Waals surface area contributed by atoms with E-state index in [4.69, 9.17) is 21.1 Å². The van der Waals surface area contributed by atoms with Crippen LogP contribution < -0.4 is 20.1 Å². The molecule has 0 fully saturated rings. The summed E-state index contributed by atoms with van der Waals surface area (Å²) in [6, 6.07) is 11.0. The van der Waals surface area contributed by atoms with E-state index >= 15 is 0 Å². The Morgan fingerprint density at radius 1 is 1.24 bits per heavy atom. The van der Waals surface area contributed by atoms with Crippen LogP contribution in [0.1, 0.15) is 18.9 Å². The summed E-state index contributed by atoms with van der Waals surface area (Å²) in [5, 5.41) is 6.51. The summed E-state index contributed by atoms with van der Waals surface area (Å²) in [7, 11) is 1.54. The highest BCUT2D eigenvalue weighted by molar-refractivity contribution is 6.31. The molecule has 5 nitrogen and oxygen atoms in total. The molecule has 25 heavy (non-hydrogen) atoms. The maximum absolute atomic E-state index is 12.2. The highest BCUT2D eigenvalue weighted by Crippen LogP contribution is 2.30. The van der Waals surface area contributed by atoms with E-state index in [1.165, 1.54) is 7.11 Å². The molecular formula is C19H23ClN2O3. The predicted molar refractivity (Wildman–Crippen MR) is 102 cm³/mol. The van der Waals surface area contributed by atoms with E-state index in [9.17, 15) is 4.79 Å². The Labute approximate surface area is 153 Å². The molecule has 0 heterocycles. The molecule has 6 heteroatoms. The van der Waals surface area contributed by atoms with Crippen molar-refractivity contribution in [3.8, 4) is 11.5 Å². The molecule has 0 atom stereocenters. The maximum atomic E-state index is 12.2. The first-order valence-corrected chi connectivity index (χ1v) is 8.52. The van der Waals surface area contributed by atoms with Gasteiger partial charge in [0.05, 0.1) is 25.9 Å². The summed E-state index contributed by atoms with van der Waals surface area (Å²) in [5.41, 5.74) is 2.28. The lowest BCUT2D eigenvalue weighted by Crippen LogP contribution is -2.22. The Kier molecular flexibility index (Phi) is 6.95. The summed E-state index contributed by atoms with van der Waals surface area (Å²) in [4.78, 5) is 12.2. The van der Waals surface area contributed by atoms with Crippen molar-refractivity contribution in [2.45, 2.75) is 20.3 Å². The number of amides is 1. The first kappa shape index (κ1) is 18.9. The summed E-state index contributed by atoms with van der Waals surface area (Å²) >= 11 is 6.08. The molecule has 0 spiro atoms. The minimum absolute atomic E-state index is 0.127. The molecule has 0 aromatic heterocycles. The van der Waals surface area contributed by atoms with Crippen molar-refractivity contribution in [3.63, 3.8) is 0 Å². The summed E-state index contributed by atoms with van der Waals surface area (Å²) in [6.45, 7) is 4.72. The molecule has 2 rings (SSSR count). The normalized spacial score (nSPS) is 10.2. The van der Waals surface area contributed by atoms with Crippen LogP contribution in [0.25, 0.3) is 0 Å². The van der Waals surface area contributed by atoms with Gasteiger partial charge in [0.25, 0.3) is 0 Å². The van der Waals surface area contributed by atoms with Crippen molar-refractivity contribution in [2.24, 2.45) is 0 Å². The Bertz CT molecular complexity index is 735. The van der Waals surface area contributed by atoms with Gasteiger partial charge in [-0.3, -0.25) is 4.79 Å². The third-order valence-electron chi connectivity index (χ3n) is 3.51. The van der Waals surface area contributed by atoms with Crippen LogP contribution in [0.3, 0.4) is 0 Å². The van der Waals surface area contributed by atoms with E-state index in [1.54, 1.807) is 12.1 Å². The van der Waals surface area contributed by atoms with Gasteiger partial charge in [-0.25, -0.2) is 0 Å². The van der Waals surface area contributed by atoms with Gasteiger partial charge in [0.1, 0.15) is 11.5 Å². The van der Waals surface area contributed by atoms with Gasteiger partial charge in [-0.05, 0) is 37.1 Å². The molecule has 0 saturated heterocycles. The number of halogens is 1. The lowest BCUT2D eigenvalue weighted by molar-refractivity contribution is -0.114. The van der Waals surface area contributed by atoms with E-state index in [-0.39, 0.29) is 12.5 Å². The minimum atomic E-state index is -0.181. The highest BCUT2D eigenvalue weighted by atomic mass is 35.5. The Hall–Kier alpha value is -2.40. The minimum Gasteiger partial charge on any atom is -0.495 e. The lowest BCUT2D eigenvalue weighted by Gasteiger charge is -2.13. The third-order valence-corrected chi connectivity index (χ3v) is 3.92. The summed E-state index contributed by atoms with van der Waals surface area (Å²) in [5.74, 6) is 1.13. The van der Waals surface area contributed by atoms with Crippen molar-refractivity contribution in [3.05, 3.63) is 47.0 Å². The van der Waals surface area contributed by atoms with Gasteiger partial charge in [0, 0.05) is 22.8 Å². The monoisotopic (exact) mass is 362 g/mol. The number of anilines is 2. The van der Waals surface area contributed by atoms with E-state index in [0.717, 1.165) is 23.4 Å². The second kappa shape index (κ2) is 9.18. The smallest absolute Gasteiger partial charge is 0.243 e. The van der Waals surface area contributed by atoms with Crippen molar-refractivity contribution in [2.75, 3.05) is 30.9 Å². The number of methoxy groups -OCH3 is 1. The molecule has 1 amide bonds. The van der Waals surface area contributed by atoms with Crippen LogP contribution in [0.5, 0.6) is 11.5 Å². The predicted octanol–water partition coefficient (Wildman–Crippen LogP) is 4.50. The standard InChI is InChI=1S/C19H23ClN2O3/c1-4-8-25-15-7-5-6-14(10-15)21-12-19(23)22-17-9-13(2)16(20)11-18(17)24-3/h5-7,9-11,21H,4,8,12H2,1-3H3,(H,22,23). The number of ether oxygens (including phenoxy) is 2. The van der Waals surface area contributed by atoms with E-state index < -0.39 is 0 Å². The van der Waals surface area contributed by atoms with Gasteiger partial charge >= 0.3 is 0 Å². The van der Waals surface area contributed by atoms with Crippen LogP contribution in [0.4, 0.5) is 11.4 Å². The van der Waals surface area contributed by atoms with Crippen molar-refractivity contribution in [1.82, 2.24) is 0 Å². The maximum Gasteiger partial charge on any atom is 0.243 e. The number of aryl methyl sites for hydroxylation is 1. The van der Waals surface area contributed by atoms with Crippen molar-refractivity contribution in [1.29, 1.82) is 0 Å². The van der Waals surface area contributed by atoms with Gasteiger partial charge < -0.3 is 20.1 Å². The van der Waals surface area contributed by atoms with Crippen molar-refractivity contribution < 1.29 is 14.3 Å². The largest absolute Gasteiger partial charge is 0.495 e. The number of hydrogen-bond acceptors (Lipinski definition) is 4. The van der Waals surface area contributed by atoms with Crippen LogP contribution in [0.15, 0.2) is 36.4 Å². The van der Waals surface area contributed by atoms with E-state index in [2.05, 4.69) is 17.6 Å². The zero-order chi connectivity index (χ0) is 18.2. The second-order valence-corrected chi connectivity index (χ2v) is 5.99. The lowest BCUT2D eigenvalue weighted by atomic mass is 10.2. The molecule has 2 aromatic rings. The second-order valence-electron chi connectivity index (χ2n) is 5.58. The van der Waals surface area contributed by atoms with Gasteiger partial charge in [-0.2, -0.15) is 0 Å². The zero-order valence-corrected chi connectivity index (χ0v) is 15.4. The molecule has 0 unspecified atom stereocenters. The number of nitrogens with one attached hydrogen (secondary N) is 2. The summed E-state index contributed by atoms with van der Waals surface area (Å²) in [6.07, 6.45) is 0.947. The number of carbonyl (C=O) groups excluding carboxylic acids is 1. The number of rotatable bonds is 8. The molecule has 0 radical (unpaired) electrons. The quantitative estimate of drug-likeness (QED) is 0.726. The zero-order valence-electron chi connectivity index (χ0n) is 14.7. The van der Waals surface area contributed by atoms with Gasteiger partial charge in [-0.15, -0.1) is 0 Å². The van der Waals surface area contributed by atoms with Gasteiger partial charge in [-0.1, -0.05) is 24.6 Å².